The van der Waals surface area contributed by atoms with E-state index in [1.165, 1.54) is 13.2 Å². The topological polar surface area (TPSA) is 72.9 Å². The van der Waals surface area contributed by atoms with E-state index in [1.807, 2.05) is 0 Å². The molecule has 18 heavy (non-hydrogen) atoms. The zero-order chi connectivity index (χ0) is 14.0. The maximum absolute atomic E-state index is 12.0. The van der Waals surface area contributed by atoms with Gasteiger partial charge in [0.05, 0.1) is 12.4 Å². The third-order valence-electron chi connectivity index (χ3n) is 2.09. The predicted molar refractivity (Wildman–Crippen MR) is 68.7 cm³/mol. The van der Waals surface area contributed by atoms with E-state index < -0.39 is 16.0 Å². The van der Waals surface area contributed by atoms with Crippen LogP contribution >= 0.6 is 0 Å². The van der Waals surface area contributed by atoms with Crippen molar-refractivity contribution in [2.45, 2.75) is 13.3 Å². The summed E-state index contributed by atoms with van der Waals surface area (Å²) in [6.07, 6.45) is 1.82. The molecule has 0 bridgehead atoms. The Bertz CT molecular complexity index is 352. The molecule has 0 spiro atoms. The number of ether oxygens (including phenoxy) is 2. The monoisotopic (exact) mass is 279 g/mol. The third kappa shape index (κ3) is 6.73. The van der Waals surface area contributed by atoms with Crippen molar-refractivity contribution in [2.24, 2.45) is 0 Å². The van der Waals surface area contributed by atoms with E-state index in [-0.39, 0.29) is 25.4 Å². The normalized spacial score (nSPS) is 11.5. The van der Waals surface area contributed by atoms with Crippen molar-refractivity contribution < 1.29 is 22.7 Å². The van der Waals surface area contributed by atoms with Crippen LogP contribution in [0.2, 0.25) is 0 Å². The first-order valence-corrected chi connectivity index (χ1v) is 7.32. The van der Waals surface area contributed by atoms with Crippen LogP contribution < -0.4 is 0 Å². The zero-order valence-corrected chi connectivity index (χ0v) is 11.7. The summed E-state index contributed by atoms with van der Waals surface area (Å²) in [5.74, 6) is -0.622. The lowest BCUT2D eigenvalue weighted by atomic mass is 10.5. The van der Waals surface area contributed by atoms with Crippen molar-refractivity contribution in [3.05, 3.63) is 12.7 Å². The lowest BCUT2D eigenvalue weighted by Crippen LogP contribution is -2.38. The summed E-state index contributed by atoms with van der Waals surface area (Å²) < 4.78 is 34.5. The summed E-state index contributed by atoms with van der Waals surface area (Å²) in [4.78, 5) is 11.3. The molecule has 0 aromatic carbocycles. The first-order chi connectivity index (χ1) is 8.47. The maximum Gasteiger partial charge on any atom is 0.321 e. The molecule has 0 aromatic rings. The van der Waals surface area contributed by atoms with E-state index in [1.54, 1.807) is 6.92 Å². The quantitative estimate of drug-likeness (QED) is 0.329. The molecular weight excluding hydrogens is 258 g/mol. The van der Waals surface area contributed by atoms with Crippen molar-refractivity contribution in [1.29, 1.82) is 0 Å². The molecule has 0 heterocycles. The molecule has 0 amide bonds. The van der Waals surface area contributed by atoms with Crippen molar-refractivity contribution in [3.8, 4) is 0 Å². The van der Waals surface area contributed by atoms with Crippen LogP contribution in [0.25, 0.3) is 0 Å². The molecule has 0 atom stereocenters. The highest BCUT2D eigenvalue weighted by Gasteiger charge is 2.23. The number of esters is 1. The first-order valence-electron chi connectivity index (χ1n) is 5.71. The molecule has 0 fully saturated rings. The molecule has 0 N–H and O–H groups in total. The second-order valence-electron chi connectivity index (χ2n) is 3.55. The van der Waals surface area contributed by atoms with Gasteiger partial charge in [0.25, 0.3) is 0 Å². The second kappa shape index (κ2) is 9.07. The predicted octanol–water partition coefficient (Wildman–Crippen LogP) is 0.404. The molecule has 6 nitrogen and oxygen atoms in total. The van der Waals surface area contributed by atoms with Crippen LogP contribution in [0.4, 0.5) is 0 Å². The van der Waals surface area contributed by atoms with Crippen molar-refractivity contribution in [1.82, 2.24) is 4.31 Å². The standard InChI is InChI=1S/C11H21NO5S/c1-4-7-12(10-11(13)17-5-2)18(14,15)9-6-8-16-3/h4H,1,5-10H2,2-3H3. The number of carbonyl (C=O) groups is 1. The Morgan fingerprint density at radius 2 is 2.11 bits per heavy atom. The van der Waals surface area contributed by atoms with Crippen LogP contribution in [0.5, 0.6) is 0 Å². The highest BCUT2D eigenvalue weighted by Crippen LogP contribution is 2.04. The number of carbonyl (C=O) groups excluding carboxylic acids is 1. The van der Waals surface area contributed by atoms with Gasteiger partial charge in [-0.3, -0.25) is 4.79 Å². The molecule has 0 unspecified atom stereocenters. The number of hydrogen-bond acceptors (Lipinski definition) is 5. The Balaban J connectivity index is 4.55. The molecular formula is C11H21NO5S. The van der Waals surface area contributed by atoms with E-state index in [0.29, 0.717) is 13.0 Å². The molecule has 0 saturated carbocycles. The second-order valence-corrected chi connectivity index (χ2v) is 5.64. The van der Waals surface area contributed by atoms with E-state index in [0.717, 1.165) is 4.31 Å². The van der Waals surface area contributed by atoms with Gasteiger partial charge < -0.3 is 9.47 Å². The Labute approximate surface area is 109 Å². The van der Waals surface area contributed by atoms with Gasteiger partial charge in [-0.25, -0.2) is 8.42 Å². The van der Waals surface area contributed by atoms with Crippen LogP contribution in [0.1, 0.15) is 13.3 Å². The smallest absolute Gasteiger partial charge is 0.321 e. The molecule has 0 aliphatic heterocycles. The van der Waals surface area contributed by atoms with Gasteiger partial charge in [0.15, 0.2) is 0 Å². The van der Waals surface area contributed by atoms with Gasteiger partial charge in [-0.1, -0.05) is 6.08 Å². The SMILES string of the molecule is C=CCN(CC(=O)OCC)S(=O)(=O)CCCOC. The fourth-order valence-corrected chi connectivity index (χ4v) is 2.66. The van der Waals surface area contributed by atoms with Gasteiger partial charge in [0, 0.05) is 20.3 Å². The number of sulfonamides is 1. The zero-order valence-electron chi connectivity index (χ0n) is 10.9. The van der Waals surface area contributed by atoms with Gasteiger partial charge in [0.1, 0.15) is 6.54 Å². The third-order valence-corrected chi connectivity index (χ3v) is 3.96. The summed E-state index contributed by atoms with van der Waals surface area (Å²) in [5.41, 5.74) is 0. The minimum absolute atomic E-state index is 0.0614. The number of rotatable bonds is 10. The molecule has 0 aliphatic rings. The largest absolute Gasteiger partial charge is 0.465 e. The van der Waals surface area contributed by atoms with Gasteiger partial charge >= 0.3 is 5.97 Å². The van der Waals surface area contributed by atoms with Crippen LogP contribution in [0, 0.1) is 0 Å². The Kier molecular flexibility index (Phi) is 8.61. The minimum atomic E-state index is -3.49. The summed E-state index contributed by atoms with van der Waals surface area (Å²) in [5, 5.41) is 0. The molecule has 0 aliphatic carbocycles. The average Bonchev–Trinajstić information content (AvgIpc) is 2.29. The average molecular weight is 279 g/mol. The van der Waals surface area contributed by atoms with Crippen LogP contribution in [0.3, 0.4) is 0 Å². The van der Waals surface area contributed by atoms with Gasteiger partial charge in [-0.15, -0.1) is 6.58 Å². The molecule has 0 rings (SSSR count). The Morgan fingerprint density at radius 3 is 2.61 bits per heavy atom. The minimum Gasteiger partial charge on any atom is -0.465 e. The number of methoxy groups -OCH3 is 1. The van der Waals surface area contributed by atoms with Gasteiger partial charge in [0.2, 0.25) is 10.0 Å². The van der Waals surface area contributed by atoms with Crippen molar-refractivity contribution in [3.63, 3.8) is 0 Å². The molecule has 0 aromatic heterocycles. The summed E-state index contributed by atoms with van der Waals surface area (Å²) in [6.45, 7) is 5.55. The summed E-state index contributed by atoms with van der Waals surface area (Å²) in [6, 6.07) is 0. The van der Waals surface area contributed by atoms with E-state index in [4.69, 9.17) is 9.47 Å². The fourth-order valence-electron chi connectivity index (χ4n) is 1.29. The fraction of sp³-hybridized carbons (Fsp3) is 0.727. The number of nitrogens with zero attached hydrogens (tertiary/aromatic N) is 1. The highest BCUT2D eigenvalue weighted by molar-refractivity contribution is 7.89. The first kappa shape index (κ1) is 17.1. The lowest BCUT2D eigenvalue weighted by Gasteiger charge is -2.19. The van der Waals surface area contributed by atoms with E-state index >= 15 is 0 Å². The molecule has 106 valence electrons. The summed E-state index contributed by atoms with van der Waals surface area (Å²) in [7, 11) is -1.98. The van der Waals surface area contributed by atoms with Crippen LogP contribution in [-0.2, 0) is 24.3 Å². The van der Waals surface area contributed by atoms with Crippen molar-refractivity contribution >= 4 is 16.0 Å². The molecule has 0 radical (unpaired) electrons. The lowest BCUT2D eigenvalue weighted by molar-refractivity contribution is -0.143. The van der Waals surface area contributed by atoms with E-state index in [9.17, 15) is 13.2 Å². The maximum atomic E-state index is 12.0. The van der Waals surface area contributed by atoms with E-state index in [2.05, 4.69) is 6.58 Å². The molecule has 0 saturated heterocycles. The highest BCUT2D eigenvalue weighted by atomic mass is 32.2. The van der Waals surface area contributed by atoms with Crippen molar-refractivity contribution in [2.75, 3.05) is 39.2 Å². The van der Waals surface area contributed by atoms with Gasteiger partial charge in [-0.05, 0) is 13.3 Å². The Morgan fingerprint density at radius 1 is 1.44 bits per heavy atom. The molecule has 7 heteroatoms. The van der Waals surface area contributed by atoms with Crippen LogP contribution in [-0.4, -0.2) is 57.9 Å². The Hall–Kier alpha value is -0.920. The number of hydrogen-bond donors (Lipinski definition) is 0. The van der Waals surface area contributed by atoms with Gasteiger partial charge in [-0.2, -0.15) is 4.31 Å². The summed E-state index contributed by atoms with van der Waals surface area (Å²) >= 11 is 0. The van der Waals surface area contributed by atoms with Crippen LogP contribution in [0.15, 0.2) is 12.7 Å².